The van der Waals surface area contributed by atoms with Crippen molar-refractivity contribution in [3.05, 3.63) is 47.2 Å². The molecule has 1 heterocycles. The average molecular weight is 345 g/mol. The molecule has 4 nitrogen and oxygen atoms in total. The zero-order chi connectivity index (χ0) is 14.8. The molecular weight excluding hydrogens is 332 g/mol. The first kappa shape index (κ1) is 13.8. The van der Waals surface area contributed by atoms with Crippen LogP contribution in [0.15, 0.2) is 47.2 Å². The number of nitrogens with zero attached hydrogens (tertiary/aromatic N) is 2. The van der Waals surface area contributed by atoms with Gasteiger partial charge in [0.05, 0.1) is 25.4 Å². The smallest absolute Gasteiger partial charge is 0.162 e. The van der Waals surface area contributed by atoms with Crippen molar-refractivity contribution in [3.8, 4) is 22.8 Å². The van der Waals surface area contributed by atoms with Gasteiger partial charge in [-0.2, -0.15) is 0 Å². The second-order valence-corrected chi connectivity index (χ2v) is 5.37. The predicted octanol–water partition coefficient (Wildman–Crippen LogP) is 4.08. The van der Waals surface area contributed by atoms with E-state index in [9.17, 15) is 0 Å². The molecule has 2 aromatic carbocycles. The number of benzene rings is 2. The predicted molar refractivity (Wildman–Crippen MR) is 85.8 cm³/mol. The molecule has 3 rings (SSSR count). The molecular formula is C16H13BrN2O2. The van der Waals surface area contributed by atoms with Gasteiger partial charge in [0.25, 0.3) is 0 Å². The molecule has 0 spiro atoms. The molecule has 0 saturated carbocycles. The van der Waals surface area contributed by atoms with Crippen LogP contribution in [0.25, 0.3) is 22.2 Å². The molecule has 0 N–H and O–H groups in total. The molecule has 1 aromatic heterocycles. The van der Waals surface area contributed by atoms with Crippen molar-refractivity contribution >= 4 is 26.8 Å². The summed E-state index contributed by atoms with van der Waals surface area (Å²) in [6.45, 7) is 0. The Kier molecular flexibility index (Phi) is 3.75. The maximum Gasteiger partial charge on any atom is 0.162 e. The number of aromatic nitrogens is 2. The highest BCUT2D eigenvalue weighted by Crippen LogP contribution is 2.35. The van der Waals surface area contributed by atoms with Gasteiger partial charge in [0, 0.05) is 21.5 Å². The van der Waals surface area contributed by atoms with E-state index in [0.29, 0.717) is 11.5 Å². The van der Waals surface area contributed by atoms with Crippen molar-refractivity contribution in [2.75, 3.05) is 14.2 Å². The van der Waals surface area contributed by atoms with Crippen LogP contribution in [0.3, 0.4) is 0 Å². The minimum atomic E-state index is 0.658. The zero-order valence-corrected chi connectivity index (χ0v) is 13.2. The molecule has 0 radical (unpaired) electrons. The fourth-order valence-corrected chi connectivity index (χ4v) is 2.49. The lowest BCUT2D eigenvalue weighted by Gasteiger charge is -2.11. The SMILES string of the molecule is COc1cc2ncnc(-c3ccc(Br)cc3)c2cc1OC. The lowest BCUT2D eigenvalue weighted by Crippen LogP contribution is -1.94. The van der Waals surface area contributed by atoms with Crippen LogP contribution in [0.2, 0.25) is 0 Å². The van der Waals surface area contributed by atoms with Crippen LogP contribution in [0.1, 0.15) is 0 Å². The molecule has 0 saturated heterocycles. The summed E-state index contributed by atoms with van der Waals surface area (Å²) in [7, 11) is 3.23. The summed E-state index contributed by atoms with van der Waals surface area (Å²) in [6, 6.07) is 11.8. The second kappa shape index (κ2) is 5.69. The summed E-state index contributed by atoms with van der Waals surface area (Å²) in [4.78, 5) is 8.73. The zero-order valence-electron chi connectivity index (χ0n) is 11.6. The van der Waals surface area contributed by atoms with E-state index < -0.39 is 0 Å². The minimum Gasteiger partial charge on any atom is -0.493 e. The molecule has 0 fully saturated rings. The Labute approximate surface area is 130 Å². The number of rotatable bonds is 3. The highest BCUT2D eigenvalue weighted by molar-refractivity contribution is 9.10. The number of ether oxygens (including phenoxy) is 2. The van der Waals surface area contributed by atoms with Crippen LogP contribution in [-0.2, 0) is 0 Å². The number of methoxy groups -OCH3 is 2. The standard InChI is InChI=1S/C16H13BrN2O2/c1-20-14-7-12-13(8-15(14)21-2)18-9-19-16(12)10-3-5-11(17)6-4-10/h3-9H,1-2H3. The maximum atomic E-state index is 5.37. The van der Waals surface area contributed by atoms with Crippen LogP contribution in [0.5, 0.6) is 11.5 Å². The highest BCUT2D eigenvalue weighted by Gasteiger charge is 2.11. The first-order chi connectivity index (χ1) is 10.2. The first-order valence-electron chi connectivity index (χ1n) is 6.35. The van der Waals surface area contributed by atoms with Crippen LogP contribution < -0.4 is 9.47 Å². The van der Waals surface area contributed by atoms with E-state index >= 15 is 0 Å². The van der Waals surface area contributed by atoms with E-state index in [-0.39, 0.29) is 0 Å². The summed E-state index contributed by atoms with van der Waals surface area (Å²) in [5, 5.41) is 0.928. The minimum absolute atomic E-state index is 0.658. The summed E-state index contributed by atoms with van der Waals surface area (Å²) in [6.07, 6.45) is 1.56. The fraction of sp³-hybridized carbons (Fsp3) is 0.125. The highest BCUT2D eigenvalue weighted by atomic mass is 79.9. The molecule has 21 heavy (non-hydrogen) atoms. The number of halogens is 1. The maximum absolute atomic E-state index is 5.37. The van der Waals surface area contributed by atoms with Gasteiger partial charge in [-0.15, -0.1) is 0 Å². The normalized spacial score (nSPS) is 10.6. The number of fused-ring (bicyclic) bond motifs is 1. The molecule has 106 valence electrons. The summed E-state index contributed by atoms with van der Waals surface area (Å²) >= 11 is 3.44. The first-order valence-corrected chi connectivity index (χ1v) is 7.15. The van der Waals surface area contributed by atoms with Crippen LogP contribution in [-0.4, -0.2) is 24.2 Å². The Morgan fingerprint density at radius 3 is 2.24 bits per heavy atom. The van der Waals surface area contributed by atoms with E-state index in [1.54, 1.807) is 20.5 Å². The third-order valence-corrected chi connectivity index (χ3v) is 3.79. The van der Waals surface area contributed by atoms with Crippen LogP contribution in [0, 0.1) is 0 Å². The Morgan fingerprint density at radius 1 is 0.905 bits per heavy atom. The molecule has 0 aliphatic heterocycles. The van der Waals surface area contributed by atoms with Crippen molar-refractivity contribution in [3.63, 3.8) is 0 Å². The molecule has 3 aromatic rings. The van der Waals surface area contributed by atoms with Gasteiger partial charge in [-0.3, -0.25) is 0 Å². The van der Waals surface area contributed by atoms with E-state index in [1.165, 1.54) is 0 Å². The Bertz CT molecular complexity index is 788. The van der Waals surface area contributed by atoms with Crippen LogP contribution in [0.4, 0.5) is 0 Å². The van der Waals surface area contributed by atoms with Crippen molar-refractivity contribution in [1.82, 2.24) is 9.97 Å². The lowest BCUT2D eigenvalue weighted by molar-refractivity contribution is 0.356. The van der Waals surface area contributed by atoms with Crippen molar-refractivity contribution in [2.24, 2.45) is 0 Å². The van der Waals surface area contributed by atoms with E-state index in [0.717, 1.165) is 26.6 Å². The second-order valence-electron chi connectivity index (χ2n) is 4.45. The molecule has 0 aliphatic rings. The molecule has 0 atom stereocenters. The summed E-state index contributed by atoms with van der Waals surface area (Å²) in [5.41, 5.74) is 2.71. The van der Waals surface area contributed by atoms with E-state index in [4.69, 9.17) is 9.47 Å². The Morgan fingerprint density at radius 2 is 1.57 bits per heavy atom. The van der Waals surface area contributed by atoms with E-state index in [2.05, 4.69) is 25.9 Å². The Hall–Kier alpha value is -2.14. The molecule has 0 bridgehead atoms. The third kappa shape index (κ3) is 2.56. The molecule has 0 amide bonds. The topological polar surface area (TPSA) is 44.2 Å². The van der Waals surface area contributed by atoms with Gasteiger partial charge < -0.3 is 9.47 Å². The van der Waals surface area contributed by atoms with E-state index in [1.807, 2.05) is 36.4 Å². The van der Waals surface area contributed by atoms with Gasteiger partial charge >= 0.3 is 0 Å². The monoisotopic (exact) mass is 344 g/mol. The van der Waals surface area contributed by atoms with Gasteiger partial charge in [-0.05, 0) is 18.2 Å². The van der Waals surface area contributed by atoms with Gasteiger partial charge in [0.2, 0.25) is 0 Å². The molecule has 0 aliphatic carbocycles. The molecule has 0 unspecified atom stereocenters. The lowest BCUT2D eigenvalue weighted by atomic mass is 10.1. The number of hydrogen-bond donors (Lipinski definition) is 0. The Balaban J connectivity index is 2.26. The van der Waals surface area contributed by atoms with Crippen molar-refractivity contribution in [2.45, 2.75) is 0 Å². The van der Waals surface area contributed by atoms with Crippen LogP contribution >= 0.6 is 15.9 Å². The van der Waals surface area contributed by atoms with Gasteiger partial charge in [0.15, 0.2) is 11.5 Å². The fourth-order valence-electron chi connectivity index (χ4n) is 2.22. The quantitative estimate of drug-likeness (QED) is 0.718. The number of hydrogen-bond acceptors (Lipinski definition) is 4. The average Bonchev–Trinajstić information content (AvgIpc) is 2.53. The summed E-state index contributed by atoms with van der Waals surface area (Å²) in [5.74, 6) is 1.32. The van der Waals surface area contributed by atoms with Crippen molar-refractivity contribution in [1.29, 1.82) is 0 Å². The summed E-state index contributed by atoms with van der Waals surface area (Å²) < 4.78 is 11.7. The molecule has 5 heteroatoms. The third-order valence-electron chi connectivity index (χ3n) is 3.26. The van der Waals surface area contributed by atoms with Gasteiger partial charge in [-0.25, -0.2) is 9.97 Å². The van der Waals surface area contributed by atoms with Gasteiger partial charge in [0.1, 0.15) is 6.33 Å². The van der Waals surface area contributed by atoms with Crippen molar-refractivity contribution < 1.29 is 9.47 Å². The van der Waals surface area contributed by atoms with Gasteiger partial charge in [-0.1, -0.05) is 28.1 Å². The largest absolute Gasteiger partial charge is 0.493 e.